The molecule has 0 aliphatic heterocycles. The molecule has 1 rings (SSSR count). The van der Waals surface area contributed by atoms with Crippen molar-refractivity contribution < 1.29 is 22.8 Å². The molecule has 0 saturated carbocycles. The molecule has 0 fully saturated rings. The van der Waals surface area contributed by atoms with Gasteiger partial charge in [-0.2, -0.15) is 13.2 Å². The fourth-order valence-corrected chi connectivity index (χ4v) is 1.33. The molecule has 0 aliphatic rings. The molecule has 0 heterocycles. The number of hydrogen-bond donors (Lipinski definition) is 2. The number of nitrogens with one attached hydrogen (secondary N) is 1. The Balaban J connectivity index is 3.17. The molecule has 1 aromatic rings. The fraction of sp³-hybridized carbons (Fsp3) is 0.182. The van der Waals surface area contributed by atoms with Gasteiger partial charge in [0.15, 0.2) is 0 Å². The lowest BCUT2D eigenvalue weighted by Gasteiger charge is -2.10. The number of nitrogens with two attached hydrogens (primary N) is 1. The summed E-state index contributed by atoms with van der Waals surface area (Å²) < 4.78 is 42.9. The number of nitro benzene ring substituents is 1. The Hall–Kier alpha value is -2.58. The number of alkyl halides is 3. The van der Waals surface area contributed by atoms with E-state index in [-0.39, 0.29) is 11.4 Å². The van der Waals surface area contributed by atoms with E-state index in [9.17, 15) is 23.3 Å². The van der Waals surface area contributed by atoms with Crippen molar-refractivity contribution in [2.75, 3.05) is 0 Å². The normalized spacial score (nSPS) is 12.1. The second kappa shape index (κ2) is 5.59. The minimum absolute atomic E-state index is 0.230. The van der Waals surface area contributed by atoms with Crippen molar-refractivity contribution in [2.24, 2.45) is 5.73 Å². The molecule has 1 aromatic carbocycles. The van der Waals surface area contributed by atoms with Crippen LogP contribution < -0.4 is 10.5 Å². The average Bonchev–Trinajstić information content (AvgIpc) is 2.25. The summed E-state index contributed by atoms with van der Waals surface area (Å²) in [6, 6.07) is 2.11. The number of hydrogen-bond acceptors (Lipinski definition) is 5. The third kappa shape index (κ3) is 3.97. The summed E-state index contributed by atoms with van der Waals surface area (Å²) in [7, 11) is 0. The number of allylic oxidation sites excluding steroid dienone is 1. The molecule has 0 aliphatic carbocycles. The van der Waals surface area contributed by atoms with Gasteiger partial charge in [0.05, 0.1) is 4.92 Å². The summed E-state index contributed by atoms with van der Waals surface area (Å²) in [4.78, 5) is 9.41. The number of benzene rings is 1. The molecular formula is C11H10F3N3O3. The largest absolute Gasteiger partial charge is 0.440 e. The molecule has 0 saturated heterocycles. The van der Waals surface area contributed by atoms with Crippen LogP contribution in [0.5, 0.6) is 5.75 Å². The zero-order chi connectivity index (χ0) is 15.5. The second-order valence-electron chi connectivity index (χ2n) is 3.79. The highest BCUT2D eigenvalue weighted by atomic mass is 19.4. The van der Waals surface area contributed by atoms with E-state index < -0.39 is 28.2 Å². The Bertz CT molecular complexity index is 578. The van der Waals surface area contributed by atoms with E-state index in [0.717, 1.165) is 12.1 Å². The van der Waals surface area contributed by atoms with E-state index in [2.05, 4.69) is 0 Å². The molecule has 0 unspecified atom stereocenters. The van der Waals surface area contributed by atoms with Crippen LogP contribution in [-0.4, -0.2) is 10.8 Å². The van der Waals surface area contributed by atoms with Gasteiger partial charge in [-0.3, -0.25) is 15.5 Å². The maximum Gasteiger partial charge on any atom is 0.423 e. The fourth-order valence-electron chi connectivity index (χ4n) is 1.33. The van der Waals surface area contributed by atoms with E-state index in [1.165, 1.54) is 6.92 Å². The number of halogens is 3. The summed E-state index contributed by atoms with van der Waals surface area (Å²) in [5.74, 6) is -0.822. The summed E-state index contributed by atoms with van der Waals surface area (Å²) in [6.07, 6.45) is -3.81. The standard InChI is InChI=1S/C11H10F3N3O3/c1-6(15)4-10(16)20-7-2-3-9(17(18)19)8(5-7)11(12,13)14/h2-5,16H,15H2,1H3/b6-4-,16-10?. The Morgan fingerprint density at radius 3 is 2.55 bits per heavy atom. The van der Waals surface area contributed by atoms with Gasteiger partial charge in [-0.1, -0.05) is 0 Å². The summed E-state index contributed by atoms with van der Waals surface area (Å²) in [6.45, 7) is 1.47. The highest BCUT2D eigenvalue weighted by Crippen LogP contribution is 2.38. The highest BCUT2D eigenvalue weighted by Gasteiger charge is 2.38. The molecule has 0 radical (unpaired) electrons. The second-order valence-corrected chi connectivity index (χ2v) is 3.79. The van der Waals surface area contributed by atoms with Crippen LogP contribution in [0.15, 0.2) is 30.0 Å². The van der Waals surface area contributed by atoms with Gasteiger partial charge in [-0.25, -0.2) is 0 Å². The van der Waals surface area contributed by atoms with Crippen LogP contribution in [0.25, 0.3) is 0 Å². The zero-order valence-electron chi connectivity index (χ0n) is 10.2. The minimum atomic E-state index is -4.90. The molecule has 20 heavy (non-hydrogen) atoms. The van der Waals surface area contributed by atoms with E-state index >= 15 is 0 Å². The van der Waals surface area contributed by atoms with Crippen LogP contribution in [0, 0.1) is 15.5 Å². The summed E-state index contributed by atoms with van der Waals surface area (Å²) in [5, 5.41) is 17.9. The Morgan fingerprint density at radius 1 is 1.50 bits per heavy atom. The number of nitro groups is 1. The SMILES string of the molecule is C/C(N)=C/C(=N)Oc1ccc([N+](=O)[O-])c(C(F)(F)F)c1. The van der Waals surface area contributed by atoms with Crippen LogP contribution in [-0.2, 0) is 6.18 Å². The first-order chi connectivity index (χ1) is 9.11. The number of rotatable bonds is 3. The lowest BCUT2D eigenvalue weighted by molar-refractivity contribution is -0.388. The molecule has 108 valence electrons. The molecule has 0 amide bonds. The van der Waals surface area contributed by atoms with Crippen molar-refractivity contribution in [3.63, 3.8) is 0 Å². The van der Waals surface area contributed by atoms with E-state index in [0.29, 0.717) is 12.1 Å². The smallest absolute Gasteiger partial charge is 0.423 e. The van der Waals surface area contributed by atoms with Gasteiger partial charge in [-0.05, 0) is 13.0 Å². The maximum atomic E-state index is 12.7. The topological polar surface area (TPSA) is 102 Å². The minimum Gasteiger partial charge on any atom is -0.440 e. The van der Waals surface area contributed by atoms with E-state index in [4.69, 9.17) is 15.9 Å². The van der Waals surface area contributed by atoms with Gasteiger partial charge in [0.2, 0.25) is 5.90 Å². The van der Waals surface area contributed by atoms with Crippen LogP contribution in [0.3, 0.4) is 0 Å². The molecule has 0 spiro atoms. The lowest BCUT2D eigenvalue weighted by atomic mass is 10.1. The van der Waals surface area contributed by atoms with Crippen molar-refractivity contribution in [1.29, 1.82) is 5.41 Å². The molecule has 6 nitrogen and oxygen atoms in total. The van der Waals surface area contributed by atoms with Crippen LogP contribution >= 0.6 is 0 Å². The third-order valence-electron chi connectivity index (χ3n) is 2.06. The van der Waals surface area contributed by atoms with Crippen molar-refractivity contribution in [3.8, 4) is 5.75 Å². The molecule has 0 aromatic heterocycles. The number of nitrogens with zero attached hydrogens (tertiary/aromatic N) is 1. The first kappa shape index (κ1) is 15.5. The van der Waals surface area contributed by atoms with Gasteiger partial charge < -0.3 is 10.5 Å². The molecule has 0 bridgehead atoms. The van der Waals surface area contributed by atoms with Gasteiger partial charge >= 0.3 is 6.18 Å². The highest BCUT2D eigenvalue weighted by molar-refractivity contribution is 5.87. The van der Waals surface area contributed by atoms with Gasteiger partial charge in [0, 0.05) is 23.9 Å². The first-order valence-electron chi connectivity index (χ1n) is 5.17. The average molecular weight is 289 g/mol. The third-order valence-corrected chi connectivity index (χ3v) is 2.06. The van der Waals surface area contributed by atoms with Crippen molar-refractivity contribution in [3.05, 3.63) is 45.6 Å². The summed E-state index contributed by atoms with van der Waals surface area (Å²) in [5.41, 5.74) is 2.99. The Kier molecular flexibility index (Phi) is 4.33. The van der Waals surface area contributed by atoms with Crippen molar-refractivity contribution in [2.45, 2.75) is 13.1 Å². The molecular weight excluding hydrogens is 279 g/mol. The summed E-state index contributed by atoms with van der Waals surface area (Å²) >= 11 is 0. The van der Waals surface area contributed by atoms with Gasteiger partial charge in [0.1, 0.15) is 11.3 Å². The number of ether oxygens (including phenoxy) is 1. The predicted molar refractivity (Wildman–Crippen MR) is 64.4 cm³/mol. The van der Waals surface area contributed by atoms with E-state index in [1.807, 2.05) is 0 Å². The monoisotopic (exact) mass is 289 g/mol. The lowest BCUT2D eigenvalue weighted by Crippen LogP contribution is -2.11. The molecule has 3 N–H and O–H groups in total. The van der Waals surface area contributed by atoms with Gasteiger partial charge in [0.25, 0.3) is 5.69 Å². The maximum absolute atomic E-state index is 12.7. The molecule has 9 heteroatoms. The van der Waals surface area contributed by atoms with Gasteiger partial charge in [-0.15, -0.1) is 0 Å². The first-order valence-corrected chi connectivity index (χ1v) is 5.17. The zero-order valence-corrected chi connectivity index (χ0v) is 10.2. The van der Waals surface area contributed by atoms with Crippen LogP contribution in [0.1, 0.15) is 12.5 Å². The van der Waals surface area contributed by atoms with Crippen LogP contribution in [0.2, 0.25) is 0 Å². The van der Waals surface area contributed by atoms with E-state index in [1.54, 1.807) is 0 Å². The van der Waals surface area contributed by atoms with Crippen molar-refractivity contribution in [1.82, 2.24) is 0 Å². The van der Waals surface area contributed by atoms with Crippen LogP contribution in [0.4, 0.5) is 18.9 Å². The van der Waals surface area contributed by atoms with Crippen molar-refractivity contribution >= 4 is 11.6 Å². The predicted octanol–water partition coefficient (Wildman–Crippen LogP) is 2.83. The Labute approximate surface area is 111 Å². The quantitative estimate of drug-likeness (QED) is 0.386. The Morgan fingerprint density at radius 2 is 2.10 bits per heavy atom. The molecule has 0 atom stereocenters.